The lowest BCUT2D eigenvalue weighted by molar-refractivity contribution is -0.132. The number of piperidine rings is 1. The van der Waals surface area contributed by atoms with Crippen LogP contribution < -0.4 is 10.6 Å². The number of likely N-dealkylation sites (tertiary alicyclic amines) is 1. The van der Waals surface area contributed by atoms with Crippen molar-refractivity contribution in [3.8, 4) is 0 Å². The number of ether oxygens (including phenoxy) is 1. The number of guanidine groups is 1. The Hall–Kier alpha value is -2.12. The first-order valence-electron chi connectivity index (χ1n) is 11.2. The molecule has 1 unspecified atom stereocenters. The first-order chi connectivity index (χ1) is 14.7. The van der Waals surface area contributed by atoms with Crippen molar-refractivity contribution >= 4 is 11.9 Å². The first-order valence-corrected chi connectivity index (χ1v) is 11.2. The van der Waals surface area contributed by atoms with Crippen LogP contribution in [-0.2, 0) is 22.6 Å². The van der Waals surface area contributed by atoms with Crippen LogP contribution in [0.1, 0.15) is 37.3 Å². The van der Waals surface area contributed by atoms with E-state index in [2.05, 4.69) is 51.7 Å². The third kappa shape index (κ3) is 6.99. The molecule has 0 radical (unpaired) electrons. The van der Waals surface area contributed by atoms with Crippen molar-refractivity contribution in [1.29, 1.82) is 0 Å². The average molecular weight is 416 g/mol. The molecule has 0 aromatic heterocycles. The van der Waals surface area contributed by atoms with E-state index in [4.69, 9.17) is 4.74 Å². The number of amides is 1. The smallest absolute Gasteiger partial charge is 0.224 e. The highest BCUT2D eigenvalue weighted by Crippen LogP contribution is 2.16. The number of carbonyl (C=O) groups is 1. The number of nitrogens with zero attached hydrogens (tertiary/aromatic N) is 3. The number of rotatable bonds is 7. The summed E-state index contributed by atoms with van der Waals surface area (Å²) in [5.41, 5.74) is 2.60. The fourth-order valence-electron chi connectivity index (χ4n) is 4.15. The summed E-state index contributed by atoms with van der Waals surface area (Å²) < 4.78 is 5.45. The van der Waals surface area contributed by atoms with Gasteiger partial charge in [0.1, 0.15) is 0 Å². The molecule has 0 saturated carbocycles. The van der Waals surface area contributed by atoms with Gasteiger partial charge in [0.2, 0.25) is 5.91 Å². The van der Waals surface area contributed by atoms with Crippen LogP contribution in [0.25, 0.3) is 0 Å². The number of hydrogen-bond acceptors (Lipinski definition) is 4. The standard InChI is InChI=1S/C23H37N5O2/c1-19-6-5-11-28(17-19)22(29)9-10-25-23(24-2)26-16-20-7-3-4-8-21(20)18-27-12-14-30-15-13-27/h3-4,7-8,19H,5-6,9-18H2,1-2H3,(H2,24,25,26). The van der Waals surface area contributed by atoms with Crippen LogP contribution in [0, 0.1) is 5.92 Å². The number of hydrogen-bond donors (Lipinski definition) is 2. The van der Waals surface area contributed by atoms with E-state index in [1.54, 1.807) is 7.05 Å². The molecule has 2 fully saturated rings. The molecule has 1 amide bonds. The van der Waals surface area contributed by atoms with Crippen molar-refractivity contribution in [3.63, 3.8) is 0 Å². The SMILES string of the molecule is CN=C(NCCC(=O)N1CCCC(C)C1)NCc1ccccc1CN1CCOCC1. The van der Waals surface area contributed by atoms with Crippen molar-refractivity contribution < 1.29 is 9.53 Å². The number of morpholine rings is 1. The van der Waals surface area contributed by atoms with E-state index in [1.165, 1.54) is 17.5 Å². The fourth-order valence-corrected chi connectivity index (χ4v) is 4.15. The van der Waals surface area contributed by atoms with Crippen molar-refractivity contribution in [2.24, 2.45) is 10.9 Å². The van der Waals surface area contributed by atoms with Gasteiger partial charge >= 0.3 is 0 Å². The minimum Gasteiger partial charge on any atom is -0.379 e. The normalized spacial score (nSPS) is 20.8. The van der Waals surface area contributed by atoms with Gasteiger partial charge < -0.3 is 20.3 Å². The Balaban J connectivity index is 1.43. The molecule has 2 saturated heterocycles. The second-order valence-corrected chi connectivity index (χ2v) is 8.35. The Kier molecular flexibility index (Phi) is 8.96. The molecule has 2 N–H and O–H groups in total. The summed E-state index contributed by atoms with van der Waals surface area (Å²) in [6.45, 7) is 9.84. The monoisotopic (exact) mass is 415 g/mol. The van der Waals surface area contributed by atoms with Gasteiger partial charge in [-0.2, -0.15) is 0 Å². The maximum Gasteiger partial charge on any atom is 0.224 e. The van der Waals surface area contributed by atoms with E-state index in [0.29, 0.717) is 25.4 Å². The first kappa shape index (κ1) is 22.6. The van der Waals surface area contributed by atoms with Crippen LogP contribution in [0.3, 0.4) is 0 Å². The maximum atomic E-state index is 12.4. The zero-order valence-corrected chi connectivity index (χ0v) is 18.5. The molecule has 7 heteroatoms. The summed E-state index contributed by atoms with van der Waals surface area (Å²) in [5, 5.41) is 6.68. The molecular formula is C23H37N5O2. The largest absolute Gasteiger partial charge is 0.379 e. The molecule has 3 rings (SSSR count). The minimum absolute atomic E-state index is 0.236. The molecule has 0 bridgehead atoms. The summed E-state index contributed by atoms with van der Waals surface area (Å²) >= 11 is 0. The van der Waals surface area contributed by atoms with Gasteiger partial charge in [0.05, 0.1) is 13.2 Å². The van der Waals surface area contributed by atoms with Crippen LogP contribution in [0.2, 0.25) is 0 Å². The molecule has 0 spiro atoms. The van der Waals surface area contributed by atoms with Gasteiger partial charge in [0.25, 0.3) is 0 Å². The number of nitrogens with one attached hydrogen (secondary N) is 2. The fraction of sp³-hybridized carbons (Fsp3) is 0.652. The topological polar surface area (TPSA) is 69.2 Å². The van der Waals surface area contributed by atoms with Crippen molar-refractivity contribution in [3.05, 3.63) is 35.4 Å². The summed E-state index contributed by atoms with van der Waals surface area (Å²) in [6.07, 6.45) is 2.85. The molecule has 2 heterocycles. The molecule has 2 aliphatic rings. The Labute approximate surface area is 180 Å². The van der Waals surface area contributed by atoms with E-state index in [1.807, 2.05) is 4.90 Å². The second kappa shape index (κ2) is 11.9. The molecule has 1 atom stereocenters. The van der Waals surface area contributed by atoms with E-state index in [-0.39, 0.29) is 5.91 Å². The molecule has 2 aliphatic heterocycles. The Morgan fingerprint density at radius 2 is 1.93 bits per heavy atom. The van der Waals surface area contributed by atoms with Gasteiger partial charge in [-0.3, -0.25) is 14.7 Å². The van der Waals surface area contributed by atoms with Gasteiger partial charge in [-0.05, 0) is 29.9 Å². The van der Waals surface area contributed by atoms with E-state index in [9.17, 15) is 4.79 Å². The van der Waals surface area contributed by atoms with Crippen LogP contribution in [0.4, 0.5) is 0 Å². The summed E-state index contributed by atoms with van der Waals surface area (Å²) in [6, 6.07) is 8.53. The zero-order valence-electron chi connectivity index (χ0n) is 18.5. The van der Waals surface area contributed by atoms with E-state index in [0.717, 1.165) is 58.3 Å². The lowest BCUT2D eigenvalue weighted by Gasteiger charge is -2.31. The van der Waals surface area contributed by atoms with Crippen LogP contribution >= 0.6 is 0 Å². The quantitative estimate of drug-likeness (QED) is 0.525. The van der Waals surface area contributed by atoms with Crippen LogP contribution in [0.15, 0.2) is 29.3 Å². The summed E-state index contributed by atoms with van der Waals surface area (Å²) in [5.74, 6) is 1.58. The lowest BCUT2D eigenvalue weighted by Crippen LogP contribution is -2.42. The zero-order chi connectivity index (χ0) is 21.2. The molecule has 0 aliphatic carbocycles. The Morgan fingerprint density at radius 1 is 1.17 bits per heavy atom. The third-order valence-electron chi connectivity index (χ3n) is 5.93. The predicted molar refractivity (Wildman–Crippen MR) is 120 cm³/mol. The number of aliphatic imine (C=N–C) groups is 1. The average Bonchev–Trinajstić information content (AvgIpc) is 2.77. The molecule has 1 aromatic carbocycles. The van der Waals surface area contributed by atoms with Gasteiger partial charge in [-0.15, -0.1) is 0 Å². The maximum absolute atomic E-state index is 12.4. The lowest BCUT2D eigenvalue weighted by atomic mass is 10.00. The van der Waals surface area contributed by atoms with Gasteiger partial charge in [0.15, 0.2) is 5.96 Å². The Bertz CT molecular complexity index is 703. The van der Waals surface area contributed by atoms with Crippen molar-refractivity contribution in [2.75, 3.05) is 53.0 Å². The van der Waals surface area contributed by atoms with E-state index < -0.39 is 0 Å². The van der Waals surface area contributed by atoms with Gasteiger partial charge in [-0.1, -0.05) is 31.2 Å². The van der Waals surface area contributed by atoms with Gasteiger partial charge in [-0.25, -0.2) is 0 Å². The Morgan fingerprint density at radius 3 is 2.67 bits per heavy atom. The van der Waals surface area contributed by atoms with Crippen LogP contribution in [0.5, 0.6) is 0 Å². The van der Waals surface area contributed by atoms with Gasteiger partial charge in [0, 0.05) is 59.3 Å². The highest BCUT2D eigenvalue weighted by molar-refractivity contribution is 5.81. The predicted octanol–water partition coefficient (Wildman–Crippen LogP) is 1.83. The van der Waals surface area contributed by atoms with Crippen molar-refractivity contribution in [1.82, 2.24) is 20.4 Å². The summed E-state index contributed by atoms with van der Waals surface area (Å²) in [4.78, 5) is 21.2. The highest BCUT2D eigenvalue weighted by atomic mass is 16.5. The van der Waals surface area contributed by atoms with Crippen LogP contribution in [-0.4, -0.2) is 74.7 Å². The summed E-state index contributed by atoms with van der Waals surface area (Å²) in [7, 11) is 1.77. The number of carbonyl (C=O) groups excluding carboxylic acids is 1. The minimum atomic E-state index is 0.236. The number of benzene rings is 1. The van der Waals surface area contributed by atoms with E-state index >= 15 is 0 Å². The molecule has 166 valence electrons. The molecule has 1 aromatic rings. The highest BCUT2D eigenvalue weighted by Gasteiger charge is 2.20. The molecule has 7 nitrogen and oxygen atoms in total. The third-order valence-corrected chi connectivity index (χ3v) is 5.93. The second-order valence-electron chi connectivity index (χ2n) is 8.35. The molecular weight excluding hydrogens is 378 g/mol. The molecule has 30 heavy (non-hydrogen) atoms. The van der Waals surface area contributed by atoms with Crippen molar-refractivity contribution in [2.45, 2.75) is 39.3 Å².